The molecule has 0 N–H and O–H groups in total. The van der Waals surface area contributed by atoms with Crippen LogP contribution in [0.2, 0.25) is 10.0 Å². The number of allylic oxidation sites excluding steroid dienone is 4. The quantitative estimate of drug-likeness (QED) is 0.257. The first-order valence-corrected chi connectivity index (χ1v) is 16.2. The summed E-state index contributed by atoms with van der Waals surface area (Å²) in [5.41, 5.74) is 5.95. The Kier molecular flexibility index (Phi) is 8.38. The molecule has 0 unspecified atom stereocenters. The van der Waals surface area contributed by atoms with Gasteiger partial charge in [-0.25, -0.2) is 0 Å². The van der Waals surface area contributed by atoms with Gasteiger partial charge >= 0.3 is 0 Å². The van der Waals surface area contributed by atoms with E-state index in [1.54, 1.807) is 19.2 Å². The van der Waals surface area contributed by atoms with Gasteiger partial charge in [-0.1, -0.05) is 93.4 Å². The van der Waals surface area contributed by atoms with Gasteiger partial charge in [-0.2, -0.15) is 0 Å². The molecule has 0 fully saturated rings. The molecule has 3 aromatic rings. The molecule has 6 rings (SSSR count). The van der Waals surface area contributed by atoms with E-state index in [0.717, 1.165) is 52.1 Å². The van der Waals surface area contributed by atoms with Crippen LogP contribution >= 0.6 is 23.2 Å². The van der Waals surface area contributed by atoms with Crippen LogP contribution in [0.3, 0.4) is 0 Å². The molecule has 0 radical (unpaired) electrons. The lowest BCUT2D eigenvalue weighted by Gasteiger charge is -2.49. The van der Waals surface area contributed by atoms with Crippen molar-refractivity contribution < 1.29 is 19.1 Å². The van der Waals surface area contributed by atoms with Gasteiger partial charge in [0, 0.05) is 63.5 Å². The minimum absolute atomic E-state index is 0.102. The third kappa shape index (κ3) is 6.30. The van der Waals surface area contributed by atoms with Gasteiger partial charge in [-0.3, -0.25) is 9.59 Å². The molecule has 1 aliphatic heterocycles. The summed E-state index contributed by atoms with van der Waals surface area (Å²) < 4.78 is 12.0. The minimum Gasteiger partial charge on any atom is -0.493 e. The lowest BCUT2D eigenvalue weighted by Crippen LogP contribution is -2.44. The number of benzene rings is 3. The van der Waals surface area contributed by atoms with Crippen LogP contribution in [-0.4, -0.2) is 23.6 Å². The summed E-state index contributed by atoms with van der Waals surface area (Å²) in [6.07, 6.45) is 2.37. The molecule has 0 bridgehead atoms. The van der Waals surface area contributed by atoms with E-state index < -0.39 is 5.92 Å². The molecule has 0 spiro atoms. The Morgan fingerprint density at radius 2 is 1.40 bits per heavy atom. The highest BCUT2D eigenvalue weighted by molar-refractivity contribution is 6.35. The monoisotopic (exact) mass is 643 g/mol. The number of hydrogen-bond acceptors (Lipinski definition) is 5. The number of rotatable bonds is 7. The molecule has 2 aliphatic carbocycles. The molecule has 3 aliphatic rings. The van der Waals surface area contributed by atoms with Crippen LogP contribution in [0.5, 0.6) is 11.5 Å². The first-order valence-electron chi connectivity index (χ1n) is 15.4. The van der Waals surface area contributed by atoms with E-state index in [0.29, 0.717) is 40.9 Å². The lowest BCUT2D eigenvalue weighted by atomic mass is 9.63. The summed E-state index contributed by atoms with van der Waals surface area (Å²) in [5, 5.41) is 1.08. The standard InChI is InChI=1S/C38H39Cl2NO4/c1-37(2)17-28-35(30(42)19-37)34(24-12-14-32(33(15-24)44-5)45-22-25-11-13-26(39)16-27(25)40)36-29(18-38(3,4)20-31(36)43)41(28)21-23-9-7-6-8-10-23/h6-16,34H,17-22H2,1-5H3. The van der Waals surface area contributed by atoms with Gasteiger partial charge < -0.3 is 14.4 Å². The van der Waals surface area contributed by atoms with Gasteiger partial charge in [0.1, 0.15) is 6.61 Å². The van der Waals surface area contributed by atoms with E-state index in [1.807, 2.05) is 42.5 Å². The first kappa shape index (κ1) is 31.4. The summed E-state index contributed by atoms with van der Waals surface area (Å²) in [5.74, 6) is 0.809. The molecule has 234 valence electrons. The Morgan fingerprint density at radius 3 is 1.98 bits per heavy atom. The Bertz CT molecular complexity index is 1680. The highest BCUT2D eigenvalue weighted by atomic mass is 35.5. The van der Waals surface area contributed by atoms with Crippen LogP contribution in [0, 0.1) is 10.8 Å². The van der Waals surface area contributed by atoms with Crippen molar-refractivity contribution in [2.24, 2.45) is 10.8 Å². The number of carbonyl (C=O) groups excluding carboxylic acids is 2. The van der Waals surface area contributed by atoms with E-state index in [9.17, 15) is 9.59 Å². The SMILES string of the molecule is COc1cc(C2C3=C(CC(C)(C)CC3=O)N(Cc3ccccc3)C3=C2C(=O)CC(C)(C)C3)ccc1OCc1ccc(Cl)cc1Cl. The predicted octanol–water partition coefficient (Wildman–Crippen LogP) is 9.47. The maximum atomic E-state index is 14.2. The summed E-state index contributed by atoms with van der Waals surface area (Å²) >= 11 is 12.5. The van der Waals surface area contributed by atoms with Gasteiger partial charge in [0.05, 0.1) is 7.11 Å². The smallest absolute Gasteiger partial charge is 0.162 e. The van der Waals surface area contributed by atoms with Crippen LogP contribution in [0.4, 0.5) is 0 Å². The molecule has 45 heavy (non-hydrogen) atoms. The number of nitrogens with zero attached hydrogens (tertiary/aromatic N) is 1. The van der Waals surface area contributed by atoms with Gasteiger partial charge in [-0.15, -0.1) is 0 Å². The van der Waals surface area contributed by atoms with Crippen molar-refractivity contribution in [3.05, 3.63) is 116 Å². The maximum Gasteiger partial charge on any atom is 0.162 e. The number of ketones is 2. The van der Waals surface area contributed by atoms with E-state index in [-0.39, 0.29) is 29.0 Å². The van der Waals surface area contributed by atoms with Gasteiger partial charge in [0.15, 0.2) is 23.1 Å². The summed E-state index contributed by atoms with van der Waals surface area (Å²) in [7, 11) is 1.60. The number of halogens is 2. The van der Waals surface area contributed by atoms with E-state index in [2.05, 4.69) is 44.7 Å². The molecule has 0 atom stereocenters. The van der Waals surface area contributed by atoms with E-state index in [4.69, 9.17) is 32.7 Å². The fraction of sp³-hybridized carbons (Fsp3) is 0.368. The van der Waals surface area contributed by atoms with E-state index in [1.165, 1.54) is 0 Å². The minimum atomic E-state index is -0.470. The molecular formula is C38H39Cl2NO4. The predicted molar refractivity (Wildman–Crippen MR) is 179 cm³/mol. The average molecular weight is 645 g/mol. The third-order valence-corrected chi connectivity index (χ3v) is 9.71. The number of carbonyl (C=O) groups is 2. The van der Waals surface area contributed by atoms with Crippen molar-refractivity contribution in [1.82, 2.24) is 4.90 Å². The second-order valence-electron chi connectivity index (χ2n) is 14.0. The molecule has 0 saturated heterocycles. The Hall–Kier alpha value is -3.54. The molecular weight excluding hydrogens is 605 g/mol. The van der Waals surface area contributed by atoms with Crippen LogP contribution in [-0.2, 0) is 22.7 Å². The fourth-order valence-electron chi connectivity index (χ4n) is 7.12. The largest absolute Gasteiger partial charge is 0.493 e. The van der Waals surface area contributed by atoms with Crippen molar-refractivity contribution in [2.75, 3.05) is 7.11 Å². The zero-order valence-corrected chi connectivity index (χ0v) is 28.0. The fourth-order valence-corrected chi connectivity index (χ4v) is 7.58. The Balaban J connectivity index is 1.47. The zero-order chi connectivity index (χ0) is 32.1. The van der Waals surface area contributed by atoms with Crippen LogP contribution in [0.25, 0.3) is 0 Å². The highest BCUT2D eigenvalue weighted by Gasteiger charge is 2.49. The Morgan fingerprint density at radius 1 is 0.778 bits per heavy atom. The summed E-state index contributed by atoms with van der Waals surface area (Å²) in [4.78, 5) is 30.7. The van der Waals surface area contributed by atoms with Gasteiger partial charge in [-0.05, 0) is 59.1 Å². The molecule has 1 heterocycles. The second-order valence-corrected chi connectivity index (χ2v) is 14.9. The van der Waals surface area contributed by atoms with Crippen LogP contribution < -0.4 is 9.47 Å². The topological polar surface area (TPSA) is 55.8 Å². The molecule has 3 aromatic carbocycles. The second kappa shape index (κ2) is 12.0. The highest BCUT2D eigenvalue weighted by Crippen LogP contribution is 2.55. The number of ether oxygens (including phenoxy) is 2. The molecule has 0 aromatic heterocycles. The van der Waals surface area contributed by atoms with Crippen molar-refractivity contribution >= 4 is 34.8 Å². The van der Waals surface area contributed by atoms with Gasteiger partial charge in [0.2, 0.25) is 0 Å². The molecule has 7 heteroatoms. The van der Waals surface area contributed by atoms with Crippen LogP contribution in [0.1, 0.15) is 76.0 Å². The van der Waals surface area contributed by atoms with Gasteiger partial charge in [0.25, 0.3) is 0 Å². The zero-order valence-electron chi connectivity index (χ0n) is 26.5. The van der Waals surface area contributed by atoms with Crippen molar-refractivity contribution in [3.8, 4) is 11.5 Å². The lowest BCUT2D eigenvalue weighted by molar-refractivity contribution is -0.119. The summed E-state index contributed by atoms with van der Waals surface area (Å²) in [6.45, 7) is 9.48. The summed E-state index contributed by atoms with van der Waals surface area (Å²) in [6, 6.07) is 21.4. The number of hydrogen-bond donors (Lipinski definition) is 0. The van der Waals surface area contributed by atoms with Crippen LogP contribution in [0.15, 0.2) is 89.3 Å². The molecule has 0 saturated carbocycles. The van der Waals surface area contributed by atoms with Crippen molar-refractivity contribution in [3.63, 3.8) is 0 Å². The molecule has 5 nitrogen and oxygen atoms in total. The first-order chi connectivity index (χ1) is 21.4. The third-order valence-electron chi connectivity index (χ3n) is 9.12. The average Bonchev–Trinajstić information content (AvgIpc) is 2.97. The number of Topliss-reactive ketones (excluding diaryl/α,β-unsaturated/α-hetero) is 2. The Labute approximate surface area is 275 Å². The van der Waals surface area contributed by atoms with Crippen molar-refractivity contribution in [1.29, 1.82) is 0 Å². The normalized spacial score (nSPS) is 19.4. The van der Waals surface area contributed by atoms with Crippen molar-refractivity contribution in [2.45, 2.75) is 72.4 Å². The maximum absolute atomic E-state index is 14.2. The molecule has 0 amide bonds. The number of methoxy groups -OCH3 is 1. The van der Waals surface area contributed by atoms with E-state index >= 15 is 0 Å².